The molecule has 2 fully saturated rings. The van der Waals surface area contributed by atoms with Crippen molar-refractivity contribution in [1.29, 1.82) is 0 Å². The number of halogens is 2. The van der Waals surface area contributed by atoms with E-state index < -0.39 is 10.1 Å². The van der Waals surface area contributed by atoms with Gasteiger partial charge in [0, 0.05) is 0 Å². The molecule has 7 heteroatoms. The fourth-order valence-electron chi connectivity index (χ4n) is 2.14. The molecule has 0 radical (unpaired) electrons. The Labute approximate surface area is 106 Å². The maximum atomic E-state index is 11.5. The molecule has 2 saturated heterocycles. The van der Waals surface area contributed by atoms with E-state index in [0.717, 1.165) is 18.1 Å². The van der Waals surface area contributed by atoms with E-state index in [9.17, 15) is 8.42 Å². The van der Waals surface area contributed by atoms with Crippen molar-refractivity contribution in [2.24, 2.45) is 0 Å². The van der Waals surface area contributed by atoms with Crippen LogP contribution in [0.15, 0.2) is 0 Å². The minimum absolute atomic E-state index is 0.124. The molecule has 0 aliphatic carbocycles. The summed E-state index contributed by atoms with van der Waals surface area (Å²) in [5.41, 5.74) is 0. The molecule has 4 atom stereocenters. The lowest BCUT2D eigenvalue weighted by molar-refractivity contribution is 0.337. The summed E-state index contributed by atoms with van der Waals surface area (Å²) >= 11 is 4.43. The zero-order chi connectivity index (χ0) is 9.64. The highest BCUT2D eigenvalue weighted by Crippen LogP contribution is 2.48. The number of rotatable bonds is 1. The Kier molecular flexibility index (Phi) is 3.18. The molecule has 3 nitrogen and oxygen atoms in total. The number of hydrogen-bond donors (Lipinski definition) is 0. The Morgan fingerprint density at radius 1 is 1.54 bits per heavy atom. The molecule has 0 N–H and O–H groups in total. The fraction of sp³-hybridized carbons (Fsp3) is 1.00. The Balaban J connectivity index is 2.23. The predicted molar refractivity (Wildman–Crippen MR) is 69.8 cm³/mol. The summed E-state index contributed by atoms with van der Waals surface area (Å²) in [6, 6.07) is 0. The summed E-state index contributed by atoms with van der Waals surface area (Å²) in [6.07, 6.45) is 0.801. The van der Waals surface area contributed by atoms with Gasteiger partial charge in [-0.05, 0) is 39.3 Å². The van der Waals surface area contributed by atoms with Crippen LogP contribution in [0.5, 0.6) is 0 Å². The van der Waals surface area contributed by atoms with Crippen LogP contribution >= 0.6 is 45.2 Å². The van der Waals surface area contributed by atoms with Crippen molar-refractivity contribution in [2.75, 3.05) is 4.43 Å². The average Bonchev–Trinajstić information content (AvgIpc) is 2.53. The molecule has 4 unspecified atom stereocenters. The van der Waals surface area contributed by atoms with E-state index in [2.05, 4.69) is 45.2 Å². The SMILES string of the molecule is O=S1(=O)OC(I)C2BC(CI)CC21. The van der Waals surface area contributed by atoms with E-state index in [1.807, 2.05) is 0 Å². The molecular formula is C6H9BI2O3S. The molecule has 2 aliphatic heterocycles. The van der Waals surface area contributed by atoms with E-state index in [1.54, 1.807) is 0 Å². The third-order valence-electron chi connectivity index (χ3n) is 2.80. The summed E-state index contributed by atoms with van der Waals surface area (Å²) in [4.78, 5) is 0. The van der Waals surface area contributed by atoms with Gasteiger partial charge in [0.25, 0.3) is 10.1 Å². The third-order valence-corrected chi connectivity index (χ3v) is 7.33. The van der Waals surface area contributed by atoms with Crippen LogP contribution in [0.3, 0.4) is 0 Å². The molecule has 0 aromatic heterocycles. The molecule has 0 aromatic carbocycles. The number of alkyl halides is 2. The molecule has 0 spiro atoms. The van der Waals surface area contributed by atoms with Gasteiger partial charge in [-0.3, -0.25) is 4.18 Å². The van der Waals surface area contributed by atoms with E-state index in [-0.39, 0.29) is 15.2 Å². The molecule has 0 aromatic rings. The van der Waals surface area contributed by atoms with Crippen LogP contribution in [0.2, 0.25) is 11.6 Å². The minimum Gasteiger partial charge on any atom is -0.256 e. The first-order chi connectivity index (χ1) is 6.04. The lowest BCUT2D eigenvalue weighted by Gasteiger charge is -2.07. The quantitative estimate of drug-likeness (QED) is 0.275. The minimum atomic E-state index is -3.23. The number of fused-ring (bicyclic) bond motifs is 1. The van der Waals surface area contributed by atoms with Crippen molar-refractivity contribution >= 4 is 62.6 Å². The first-order valence-corrected chi connectivity index (χ1v) is 8.41. The predicted octanol–water partition coefficient (Wildman–Crippen LogP) is 1.33. The zero-order valence-corrected chi connectivity index (χ0v) is 12.0. The standard InChI is InChI=1S/C6H9BI2O3S/c8-2-3-1-4-5(7-3)6(9)12-13(4,10)11/h3-7H,1-2H2. The maximum Gasteiger partial charge on any atom is 0.270 e. The van der Waals surface area contributed by atoms with E-state index in [1.165, 1.54) is 0 Å². The van der Waals surface area contributed by atoms with Crippen LogP contribution in [0.1, 0.15) is 6.42 Å². The lowest BCUT2D eigenvalue weighted by Crippen LogP contribution is -2.14. The molecule has 2 rings (SSSR count). The van der Waals surface area contributed by atoms with Gasteiger partial charge in [0.05, 0.1) is 5.25 Å². The van der Waals surface area contributed by atoms with Gasteiger partial charge in [-0.15, -0.1) is 0 Å². The second-order valence-corrected chi connectivity index (χ2v) is 7.53. The summed E-state index contributed by atoms with van der Waals surface area (Å²) in [7, 11) is -2.21. The Hall–Kier alpha value is 1.43. The monoisotopic (exact) mass is 426 g/mol. The van der Waals surface area contributed by atoms with Crippen molar-refractivity contribution < 1.29 is 12.6 Å². The van der Waals surface area contributed by atoms with Gasteiger partial charge >= 0.3 is 0 Å². The molecule has 74 valence electrons. The van der Waals surface area contributed by atoms with Gasteiger partial charge in [-0.2, -0.15) is 8.42 Å². The van der Waals surface area contributed by atoms with Crippen molar-refractivity contribution in [2.45, 2.75) is 27.4 Å². The molecular weight excluding hydrogens is 417 g/mol. The van der Waals surface area contributed by atoms with Gasteiger partial charge < -0.3 is 0 Å². The maximum absolute atomic E-state index is 11.5. The van der Waals surface area contributed by atoms with Crippen LogP contribution < -0.4 is 0 Å². The first-order valence-electron chi connectivity index (χ1n) is 4.16. The van der Waals surface area contributed by atoms with Crippen molar-refractivity contribution in [3.8, 4) is 0 Å². The summed E-state index contributed by atoms with van der Waals surface area (Å²) < 4.78 is 28.9. The average molecular weight is 426 g/mol. The van der Waals surface area contributed by atoms with Gasteiger partial charge in [0.2, 0.25) is 0 Å². The van der Waals surface area contributed by atoms with Crippen molar-refractivity contribution in [3.63, 3.8) is 0 Å². The van der Waals surface area contributed by atoms with E-state index >= 15 is 0 Å². The first kappa shape index (κ1) is 10.9. The smallest absolute Gasteiger partial charge is 0.256 e. The molecule has 13 heavy (non-hydrogen) atoms. The van der Waals surface area contributed by atoms with Crippen LogP contribution in [-0.4, -0.2) is 29.5 Å². The van der Waals surface area contributed by atoms with Crippen molar-refractivity contribution in [1.82, 2.24) is 0 Å². The molecule has 2 aliphatic rings. The molecule has 0 bridgehead atoms. The highest BCUT2D eigenvalue weighted by Gasteiger charge is 2.53. The second-order valence-electron chi connectivity index (χ2n) is 3.63. The molecule has 2 heterocycles. The second kappa shape index (κ2) is 3.78. The molecule has 0 amide bonds. The third kappa shape index (κ3) is 1.90. The zero-order valence-electron chi connectivity index (χ0n) is 6.82. The van der Waals surface area contributed by atoms with Crippen LogP contribution in [-0.2, 0) is 14.3 Å². The normalized spacial score (nSPS) is 47.2. The van der Waals surface area contributed by atoms with E-state index in [0.29, 0.717) is 5.82 Å². The van der Waals surface area contributed by atoms with Crippen LogP contribution in [0.4, 0.5) is 0 Å². The summed E-state index contributed by atoms with van der Waals surface area (Å²) in [6.45, 7) is 0. The Morgan fingerprint density at radius 2 is 2.23 bits per heavy atom. The Bertz CT molecular complexity index is 307. The Morgan fingerprint density at radius 3 is 2.77 bits per heavy atom. The fourth-order valence-corrected chi connectivity index (χ4v) is 6.54. The number of hydrogen-bond acceptors (Lipinski definition) is 3. The van der Waals surface area contributed by atoms with Crippen LogP contribution in [0, 0.1) is 0 Å². The summed E-state index contributed by atoms with van der Waals surface area (Å²) in [5, 5.41) is -0.214. The summed E-state index contributed by atoms with van der Waals surface area (Å²) in [5.74, 6) is 0.817. The lowest BCUT2D eigenvalue weighted by atomic mass is 9.61. The largest absolute Gasteiger partial charge is 0.270 e. The highest BCUT2D eigenvalue weighted by atomic mass is 127. The van der Waals surface area contributed by atoms with Crippen LogP contribution in [0.25, 0.3) is 0 Å². The van der Waals surface area contributed by atoms with Crippen molar-refractivity contribution in [3.05, 3.63) is 0 Å². The van der Waals surface area contributed by atoms with Gasteiger partial charge in [0.1, 0.15) is 11.4 Å². The van der Waals surface area contributed by atoms with E-state index in [4.69, 9.17) is 4.18 Å². The van der Waals surface area contributed by atoms with Gasteiger partial charge in [0.15, 0.2) is 0 Å². The van der Waals surface area contributed by atoms with Gasteiger partial charge in [-0.1, -0.05) is 28.4 Å². The highest BCUT2D eigenvalue weighted by molar-refractivity contribution is 14.1. The topological polar surface area (TPSA) is 43.4 Å². The molecule has 0 saturated carbocycles. The van der Waals surface area contributed by atoms with Gasteiger partial charge in [-0.25, -0.2) is 0 Å².